The predicted molar refractivity (Wildman–Crippen MR) is 285 cm³/mol. The van der Waals surface area contributed by atoms with Crippen molar-refractivity contribution in [2.75, 3.05) is 4.90 Å². The number of benzene rings is 11. The van der Waals surface area contributed by atoms with Crippen LogP contribution in [0.4, 0.5) is 17.1 Å². The lowest BCUT2D eigenvalue weighted by molar-refractivity contribution is 1.28. The van der Waals surface area contributed by atoms with E-state index in [0.29, 0.717) is 0 Å². The molecule has 11 aromatic rings. The van der Waals surface area contributed by atoms with Gasteiger partial charge in [-0.15, -0.1) is 0 Å². The minimum Gasteiger partial charge on any atom is -0.310 e. The largest absolute Gasteiger partial charge is 0.310 e. The number of nitrogens with zero attached hydrogens (tertiary/aromatic N) is 1. The van der Waals surface area contributed by atoms with Crippen molar-refractivity contribution >= 4 is 17.1 Å². The highest BCUT2D eigenvalue weighted by molar-refractivity contribution is 5.97. The summed E-state index contributed by atoms with van der Waals surface area (Å²) >= 11 is 0. The molecular weight excluding hydrogens is 807 g/mol. The average Bonchev–Trinajstić information content (AvgIpc) is 3.42. The summed E-state index contributed by atoms with van der Waals surface area (Å²) in [5, 5.41) is 0. The van der Waals surface area contributed by atoms with Crippen molar-refractivity contribution in [3.63, 3.8) is 0 Å². The van der Waals surface area contributed by atoms with Crippen molar-refractivity contribution in [3.05, 3.63) is 285 Å². The van der Waals surface area contributed by atoms with E-state index >= 15 is 0 Å². The Morgan fingerprint density at radius 3 is 0.746 bits per heavy atom. The summed E-state index contributed by atoms with van der Waals surface area (Å²) in [6, 6.07) is 103. The highest BCUT2D eigenvalue weighted by Gasteiger charge is 2.20. The molecule has 1 heteroatoms. The first-order valence-electron chi connectivity index (χ1n) is 23.0. The fraction of sp³-hybridized carbons (Fsp3) is 0. The summed E-state index contributed by atoms with van der Waals surface area (Å²) in [5.74, 6) is 0. The lowest BCUT2D eigenvalue weighted by atomic mass is 9.87. The van der Waals surface area contributed by atoms with Gasteiger partial charge in [-0.25, -0.2) is 0 Å². The molecule has 67 heavy (non-hydrogen) atoms. The van der Waals surface area contributed by atoms with Gasteiger partial charge in [0.15, 0.2) is 0 Å². The second-order valence-electron chi connectivity index (χ2n) is 16.9. The van der Waals surface area contributed by atoms with Crippen molar-refractivity contribution in [1.82, 2.24) is 0 Å². The Morgan fingerprint density at radius 1 is 0.164 bits per heavy atom. The van der Waals surface area contributed by atoms with E-state index in [9.17, 15) is 0 Å². The predicted octanol–water partition coefficient (Wildman–Crippen LogP) is 18.5. The molecule has 0 spiro atoms. The first-order valence-corrected chi connectivity index (χ1v) is 23.0. The number of hydrogen-bond acceptors (Lipinski definition) is 1. The lowest BCUT2D eigenvalue weighted by Crippen LogP contribution is -2.10. The maximum absolute atomic E-state index is 2.41. The van der Waals surface area contributed by atoms with Crippen LogP contribution in [-0.2, 0) is 0 Å². The van der Waals surface area contributed by atoms with Crippen molar-refractivity contribution in [3.8, 4) is 89.0 Å². The van der Waals surface area contributed by atoms with Gasteiger partial charge in [0.05, 0.1) is 0 Å². The van der Waals surface area contributed by atoms with Crippen LogP contribution in [0.15, 0.2) is 285 Å². The average molecular weight is 854 g/mol. The summed E-state index contributed by atoms with van der Waals surface area (Å²) < 4.78 is 0. The van der Waals surface area contributed by atoms with Crippen molar-refractivity contribution in [2.24, 2.45) is 0 Å². The maximum Gasteiger partial charge on any atom is 0.0473 e. The normalized spacial score (nSPS) is 11.0. The van der Waals surface area contributed by atoms with Gasteiger partial charge in [-0.1, -0.05) is 243 Å². The third-order valence-corrected chi connectivity index (χ3v) is 12.7. The molecule has 11 aromatic carbocycles. The number of anilines is 3. The molecule has 11 rings (SSSR count). The van der Waals surface area contributed by atoms with E-state index in [1.54, 1.807) is 0 Å². The van der Waals surface area contributed by atoms with Crippen LogP contribution in [0, 0.1) is 0 Å². The molecule has 0 saturated heterocycles. The molecule has 0 aliphatic rings. The van der Waals surface area contributed by atoms with Crippen LogP contribution in [0.5, 0.6) is 0 Å². The molecule has 0 bridgehead atoms. The molecule has 0 heterocycles. The molecule has 0 saturated carbocycles. The van der Waals surface area contributed by atoms with Gasteiger partial charge in [0, 0.05) is 17.1 Å². The fourth-order valence-corrected chi connectivity index (χ4v) is 9.50. The smallest absolute Gasteiger partial charge is 0.0473 e. The van der Waals surface area contributed by atoms with E-state index in [4.69, 9.17) is 0 Å². The summed E-state index contributed by atoms with van der Waals surface area (Å²) in [5.41, 5.74) is 22.2. The van der Waals surface area contributed by atoms with Crippen LogP contribution in [0.2, 0.25) is 0 Å². The fourth-order valence-electron chi connectivity index (χ4n) is 9.50. The monoisotopic (exact) mass is 853 g/mol. The molecule has 0 radical (unpaired) electrons. The molecule has 0 unspecified atom stereocenters. The Hall–Kier alpha value is -8.78. The summed E-state index contributed by atoms with van der Waals surface area (Å²) in [7, 11) is 0. The molecule has 1 nitrogen and oxygen atoms in total. The van der Waals surface area contributed by atoms with Crippen LogP contribution in [0.3, 0.4) is 0 Å². The Morgan fingerprint density at radius 2 is 0.433 bits per heavy atom. The molecule has 0 fully saturated rings. The SMILES string of the molecule is c1ccc(-c2cc(-c3ccccc3)cc(N(c3ccc(-c4cccc(-c5ccccc5)c4-c4ccccc4)cc3)c3ccc(-c4cccc(-c5ccccc5)c4-c4ccccc4)cc3)c2)cc1. The summed E-state index contributed by atoms with van der Waals surface area (Å²) in [4.78, 5) is 2.41. The first kappa shape index (κ1) is 41.0. The zero-order valence-corrected chi connectivity index (χ0v) is 37.1. The number of hydrogen-bond donors (Lipinski definition) is 0. The van der Waals surface area contributed by atoms with Gasteiger partial charge < -0.3 is 4.90 Å². The summed E-state index contributed by atoms with van der Waals surface area (Å²) in [6.07, 6.45) is 0. The molecule has 0 aromatic heterocycles. The molecular formula is C66H47N. The second kappa shape index (κ2) is 18.7. The van der Waals surface area contributed by atoms with Gasteiger partial charge in [0.2, 0.25) is 0 Å². The van der Waals surface area contributed by atoms with Gasteiger partial charge >= 0.3 is 0 Å². The van der Waals surface area contributed by atoms with E-state index in [1.165, 1.54) is 66.8 Å². The summed E-state index contributed by atoms with van der Waals surface area (Å²) in [6.45, 7) is 0. The van der Waals surface area contributed by atoms with Gasteiger partial charge in [-0.3, -0.25) is 0 Å². The van der Waals surface area contributed by atoms with E-state index in [0.717, 1.165) is 39.3 Å². The minimum absolute atomic E-state index is 1.07. The third-order valence-electron chi connectivity index (χ3n) is 12.7. The Kier molecular flexibility index (Phi) is 11.5. The molecule has 0 amide bonds. The van der Waals surface area contributed by atoms with Crippen LogP contribution in [0.25, 0.3) is 89.0 Å². The van der Waals surface area contributed by atoms with E-state index < -0.39 is 0 Å². The molecule has 316 valence electrons. The highest BCUT2D eigenvalue weighted by atomic mass is 15.1. The standard InChI is InChI=1S/C66H47N/c1-7-21-48(22-8-1)56-45-57(49-23-9-2-10-24-49)47-60(46-56)67(58-41-37-52(38-42-58)63-35-19-33-61(50-25-11-3-12-26-50)65(63)54-29-15-5-16-30-54)59-43-39-53(40-44-59)64-36-20-34-62(51-27-13-4-14-28-51)66(64)55-31-17-6-18-32-55/h1-47H. The zero-order chi connectivity index (χ0) is 44.8. The molecule has 0 aliphatic carbocycles. The quantitative estimate of drug-likeness (QED) is 0.125. The molecule has 0 N–H and O–H groups in total. The van der Waals surface area contributed by atoms with Crippen LogP contribution in [0.1, 0.15) is 0 Å². The molecule has 0 aliphatic heterocycles. The maximum atomic E-state index is 2.41. The van der Waals surface area contributed by atoms with Gasteiger partial charge in [-0.2, -0.15) is 0 Å². The zero-order valence-electron chi connectivity index (χ0n) is 37.1. The van der Waals surface area contributed by atoms with Crippen LogP contribution in [-0.4, -0.2) is 0 Å². The lowest BCUT2D eigenvalue weighted by Gasteiger charge is -2.27. The van der Waals surface area contributed by atoms with Gasteiger partial charge in [0.1, 0.15) is 0 Å². The van der Waals surface area contributed by atoms with Crippen LogP contribution < -0.4 is 4.90 Å². The van der Waals surface area contributed by atoms with Crippen molar-refractivity contribution in [1.29, 1.82) is 0 Å². The van der Waals surface area contributed by atoms with Gasteiger partial charge in [-0.05, 0) is 131 Å². The second-order valence-corrected chi connectivity index (χ2v) is 16.9. The number of rotatable bonds is 11. The topological polar surface area (TPSA) is 3.24 Å². The van der Waals surface area contributed by atoms with E-state index in [-0.39, 0.29) is 0 Å². The Balaban J connectivity index is 1.07. The van der Waals surface area contributed by atoms with Gasteiger partial charge in [0.25, 0.3) is 0 Å². The minimum atomic E-state index is 1.07. The van der Waals surface area contributed by atoms with E-state index in [2.05, 4.69) is 290 Å². The van der Waals surface area contributed by atoms with Crippen LogP contribution >= 0.6 is 0 Å². The van der Waals surface area contributed by atoms with Crippen molar-refractivity contribution in [2.45, 2.75) is 0 Å². The van der Waals surface area contributed by atoms with E-state index in [1.807, 2.05) is 0 Å². The van der Waals surface area contributed by atoms with Crippen molar-refractivity contribution < 1.29 is 0 Å². The highest BCUT2D eigenvalue weighted by Crippen LogP contribution is 2.45. The Bertz CT molecular complexity index is 3160. The first-order chi connectivity index (χ1) is 33.2. The Labute approximate surface area is 394 Å². The molecule has 0 atom stereocenters. The third kappa shape index (κ3) is 8.51.